The van der Waals surface area contributed by atoms with Crippen molar-refractivity contribution in [3.8, 4) is 62.9 Å². The van der Waals surface area contributed by atoms with Gasteiger partial charge in [-0.2, -0.15) is 0 Å². The fourth-order valence-corrected chi connectivity index (χ4v) is 4.23. The van der Waals surface area contributed by atoms with Crippen LogP contribution in [-0.4, -0.2) is 46.0 Å². The summed E-state index contributed by atoms with van der Waals surface area (Å²) >= 11 is 0. The lowest BCUT2D eigenvalue weighted by molar-refractivity contribution is 0.348. The lowest BCUT2D eigenvalue weighted by Gasteiger charge is -2.20. The van der Waals surface area contributed by atoms with Crippen molar-refractivity contribution in [1.29, 1.82) is 0 Å². The first-order chi connectivity index (χ1) is 15.6. The van der Waals surface area contributed by atoms with Crippen molar-refractivity contribution >= 4 is 32.3 Å². The summed E-state index contributed by atoms with van der Waals surface area (Å²) in [4.78, 5) is 0. The van der Waals surface area contributed by atoms with Crippen molar-refractivity contribution in [3.63, 3.8) is 0 Å². The Morgan fingerprint density at radius 1 is 0.364 bits per heavy atom. The molecule has 9 N–H and O–H groups in total. The molecule has 0 unspecified atom stereocenters. The smallest absolute Gasteiger partial charge is 0.205 e. The van der Waals surface area contributed by atoms with E-state index in [-0.39, 0.29) is 21.9 Å². The van der Waals surface area contributed by atoms with Gasteiger partial charge in [-0.1, -0.05) is 36.4 Å². The van der Waals surface area contributed by atoms with Gasteiger partial charge in [-0.25, -0.2) is 0 Å². The number of hydrogen-bond acceptors (Lipinski definition) is 9. The molecule has 0 radical (unpaired) electrons. The summed E-state index contributed by atoms with van der Waals surface area (Å²) in [5.41, 5.74) is 0.165. The first-order valence-electron chi connectivity index (χ1n) is 9.58. The molecule has 0 saturated heterocycles. The molecule has 5 aromatic rings. The van der Waals surface area contributed by atoms with E-state index in [1.54, 1.807) is 30.3 Å². The molecule has 0 atom stereocenters. The summed E-state index contributed by atoms with van der Waals surface area (Å²) in [6.45, 7) is 0. The lowest BCUT2D eigenvalue weighted by atomic mass is 9.88. The normalized spacial score (nSPS) is 11.5. The average molecular weight is 448 g/mol. The summed E-state index contributed by atoms with van der Waals surface area (Å²) in [6.07, 6.45) is 0. The molecular formula is C24H16O9. The van der Waals surface area contributed by atoms with Crippen LogP contribution in [0.3, 0.4) is 0 Å². The summed E-state index contributed by atoms with van der Waals surface area (Å²) in [5, 5.41) is 93.3. The van der Waals surface area contributed by atoms with Crippen molar-refractivity contribution < 1.29 is 46.0 Å². The number of hydrogen-bond donors (Lipinski definition) is 9. The molecule has 0 aliphatic heterocycles. The van der Waals surface area contributed by atoms with Gasteiger partial charge in [-0.3, -0.25) is 0 Å². The molecule has 0 spiro atoms. The van der Waals surface area contributed by atoms with E-state index < -0.39 is 62.5 Å². The molecule has 5 aromatic carbocycles. The second kappa shape index (κ2) is 6.54. The zero-order valence-corrected chi connectivity index (χ0v) is 16.6. The Morgan fingerprint density at radius 2 is 0.788 bits per heavy atom. The van der Waals surface area contributed by atoms with Crippen LogP contribution in [-0.2, 0) is 0 Å². The average Bonchev–Trinajstić information content (AvgIpc) is 2.82. The van der Waals surface area contributed by atoms with Gasteiger partial charge in [-0.05, 0) is 22.4 Å². The van der Waals surface area contributed by atoms with Crippen molar-refractivity contribution in [2.75, 3.05) is 0 Å². The van der Waals surface area contributed by atoms with Crippen LogP contribution in [0.2, 0.25) is 0 Å². The number of benzene rings is 5. The Bertz CT molecular complexity index is 1570. The molecule has 33 heavy (non-hydrogen) atoms. The first kappa shape index (κ1) is 20.0. The SMILES string of the molecule is Oc1c(O)c(O)c2c(-c3ccc4ccccc4c3)c3c(O)c(O)c(O)c(O)c3c(O)c2c1O. The maximum absolute atomic E-state index is 10.9. The highest BCUT2D eigenvalue weighted by Crippen LogP contribution is 2.61. The second-order valence-corrected chi connectivity index (χ2v) is 7.57. The Balaban J connectivity index is 2.16. The van der Waals surface area contributed by atoms with E-state index in [4.69, 9.17) is 0 Å². The van der Waals surface area contributed by atoms with E-state index in [9.17, 15) is 46.0 Å². The monoisotopic (exact) mass is 448 g/mol. The molecule has 0 aromatic heterocycles. The summed E-state index contributed by atoms with van der Waals surface area (Å²) < 4.78 is 0. The van der Waals surface area contributed by atoms with Crippen LogP contribution in [0, 0.1) is 0 Å². The predicted octanol–water partition coefficient (Wildman–Crippen LogP) is 4.16. The molecule has 9 heteroatoms. The minimum absolute atomic E-state index is 0.116. The minimum atomic E-state index is -1.13. The third kappa shape index (κ3) is 2.47. The third-order valence-electron chi connectivity index (χ3n) is 5.80. The van der Waals surface area contributed by atoms with Crippen molar-refractivity contribution in [3.05, 3.63) is 42.5 Å². The van der Waals surface area contributed by atoms with Gasteiger partial charge >= 0.3 is 0 Å². The molecule has 0 fully saturated rings. The zero-order valence-electron chi connectivity index (χ0n) is 16.6. The van der Waals surface area contributed by atoms with Gasteiger partial charge in [0.1, 0.15) is 5.75 Å². The van der Waals surface area contributed by atoms with Crippen LogP contribution in [0.15, 0.2) is 42.5 Å². The molecule has 0 bridgehead atoms. The third-order valence-corrected chi connectivity index (χ3v) is 5.80. The van der Waals surface area contributed by atoms with Crippen LogP contribution in [0.5, 0.6) is 51.7 Å². The van der Waals surface area contributed by atoms with Crippen LogP contribution in [0.25, 0.3) is 43.4 Å². The summed E-state index contributed by atoms with van der Waals surface area (Å²) in [5.74, 6) is -9.30. The van der Waals surface area contributed by atoms with Crippen molar-refractivity contribution in [1.82, 2.24) is 0 Å². The van der Waals surface area contributed by atoms with E-state index in [1.165, 1.54) is 0 Å². The highest BCUT2D eigenvalue weighted by atomic mass is 16.4. The summed E-state index contributed by atoms with van der Waals surface area (Å²) in [6, 6.07) is 12.2. The molecule has 9 nitrogen and oxygen atoms in total. The second-order valence-electron chi connectivity index (χ2n) is 7.57. The van der Waals surface area contributed by atoms with Crippen LogP contribution < -0.4 is 0 Å². The largest absolute Gasteiger partial charge is 0.506 e. The molecule has 0 aliphatic carbocycles. The fourth-order valence-electron chi connectivity index (χ4n) is 4.23. The maximum atomic E-state index is 10.9. The number of phenols is 9. The molecule has 0 saturated carbocycles. The number of aromatic hydroxyl groups is 9. The van der Waals surface area contributed by atoms with Crippen LogP contribution in [0.4, 0.5) is 0 Å². The van der Waals surface area contributed by atoms with Crippen LogP contribution >= 0.6 is 0 Å². The molecular weight excluding hydrogens is 432 g/mol. The number of phenolic OH excluding ortho intramolecular Hbond substituents is 9. The van der Waals surface area contributed by atoms with E-state index in [1.807, 2.05) is 12.1 Å². The lowest BCUT2D eigenvalue weighted by Crippen LogP contribution is -1.91. The number of fused-ring (bicyclic) bond motifs is 3. The highest BCUT2D eigenvalue weighted by Gasteiger charge is 2.31. The Hall–Kier alpha value is -4.92. The van der Waals surface area contributed by atoms with E-state index in [2.05, 4.69) is 0 Å². The zero-order chi connectivity index (χ0) is 23.8. The predicted molar refractivity (Wildman–Crippen MR) is 119 cm³/mol. The van der Waals surface area contributed by atoms with Gasteiger partial charge < -0.3 is 46.0 Å². The molecule has 0 aliphatic rings. The van der Waals surface area contributed by atoms with E-state index in [0.29, 0.717) is 0 Å². The van der Waals surface area contributed by atoms with Gasteiger partial charge in [0.15, 0.2) is 23.0 Å². The molecule has 5 rings (SSSR count). The Morgan fingerprint density at radius 3 is 1.27 bits per heavy atom. The van der Waals surface area contributed by atoms with Gasteiger partial charge in [0, 0.05) is 16.3 Å². The Kier molecular flexibility index (Phi) is 3.96. The van der Waals surface area contributed by atoms with Gasteiger partial charge in [0.2, 0.25) is 23.0 Å². The minimum Gasteiger partial charge on any atom is -0.506 e. The molecule has 166 valence electrons. The molecule has 0 heterocycles. The van der Waals surface area contributed by atoms with Crippen molar-refractivity contribution in [2.45, 2.75) is 0 Å². The van der Waals surface area contributed by atoms with Gasteiger partial charge in [0.25, 0.3) is 0 Å². The van der Waals surface area contributed by atoms with Crippen LogP contribution in [0.1, 0.15) is 0 Å². The quantitative estimate of drug-likeness (QED) is 0.103. The molecule has 0 amide bonds. The fraction of sp³-hybridized carbons (Fsp3) is 0. The first-order valence-corrected chi connectivity index (χ1v) is 9.58. The number of rotatable bonds is 1. The Labute approximate surface area is 184 Å². The summed E-state index contributed by atoms with van der Waals surface area (Å²) in [7, 11) is 0. The van der Waals surface area contributed by atoms with Gasteiger partial charge in [0.05, 0.1) is 10.8 Å². The van der Waals surface area contributed by atoms with E-state index >= 15 is 0 Å². The van der Waals surface area contributed by atoms with Crippen molar-refractivity contribution in [2.24, 2.45) is 0 Å². The standard InChI is InChI=1S/C24H16O9/c25-16-14-12(17(26)21(30)23(32)19(14)28)11(10-6-5-8-3-1-2-4-9(8)7-10)13-15(16)20(29)24(33)22(31)18(13)27/h1-7,25-33H. The topological polar surface area (TPSA) is 182 Å². The maximum Gasteiger partial charge on any atom is 0.205 e. The highest BCUT2D eigenvalue weighted by molar-refractivity contribution is 6.25. The van der Waals surface area contributed by atoms with E-state index in [0.717, 1.165) is 10.8 Å². The van der Waals surface area contributed by atoms with Gasteiger partial charge in [-0.15, -0.1) is 0 Å².